The summed E-state index contributed by atoms with van der Waals surface area (Å²) in [5, 5.41) is 7.73. The van der Waals surface area contributed by atoms with Gasteiger partial charge >= 0.3 is 5.97 Å². The van der Waals surface area contributed by atoms with E-state index in [1.807, 2.05) is 37.3 Å². The highest BCUT2D eigenvalue weighted by molar-refractivity contribution is 6.04. The highest BCUT2D eigenvalue weighted by Gasteiger charge is 2.19. The SMILES string of the molecule is CCCC(=O)Nc1ccc(C(=O)COC(=O)c2nn(Cc3ccccc3)c(=O)c3ccccc23)cc1. The van der Waals surface area contributed by atoms with Gasteiger partial charge in [-0.1, -0.05) is 55.5 Å². The fourth-order valence-corrected chi connectivity index (χ4v) is 3.72. The predicted octanol–water partition coefficient (Wildman–Crippen LogP) is 4.22. The molecule has 1 heterocycles. The fourth-order valence-electron chi connectivity index (χ4n) is 3.72. The number of nitrogens with zero attached hydrogens (tertiary/aromatic N) is 2. The molecule has 0 spiro atoms. The number of rotatable bonds is 9. The Morgan fingerprint density at radius 1 is 0.889 bits per heavy atom. The normalized spacial score (nSPS) is 10.7. The summed E-state index contributed by atoms with van der Waals surface area (Å²) in [7, 11) is 0. The number of hydrogen-bond donors (Lipinski definition) is 1. The molecule has 4 rings (SSSR count). The van der Waals surface area contributed by atoms with E-state index < -0.39 is 18.4 Å². The first-order chi connectivity index (χ1) is 17.5. The molecule has 8 heteroatoms. The van der Waals surface area contributed by atoms with Crippen molar-refractivity contribution in [3.8, 4) is 0 Å². The average Bonchev–Trinajstić information content (AvgIpc) is 2.90. The lowest BCUT2D eigenvalue weighted by atomic mass is 10.1. The van der Waals surface area contributed by atoms with Crippen LogP contribution in [-0.2, 0) is 16.1 Å². The highest BCUT2D eigenvalue weighted by Crippen LogP contribution is 2.16. The largest absolute Gasteiger partial charge is 0.452 e. The zero-order valence-electron chi connectivity index (χ0n) is 19.8. The zero-order valence-corrected chi connectivity index (χ0v) is 19.8. The van der Waals surface area contributed by atoms with Gasteiger partial charge in [-0.2, -0.15) is 5.10 Å². The summed E-state index contributed by atoms with van der Waals surface area (Å²) in [6, 6.07) is 22.3. The van der Waals surface area contributed by atoms with E-state index in [1.54, 1.807) is 48.5 Å². The van der Waals surface area contributed by atoms with Crippen molar-refractivity contribution in [3.63, 3.8) is 0 Å². The lowest BCUT2D eigenvalue weighted by Gasteiger charge is -2.11. The molecule has 182 valence electrons. The van der Waals surface area contributed by atoms with E-state index in [-0.39, 0.29) is 23.7 Å². The first-order valence-corrected chi connectivity index (χ1v) is 11.6. The molecule has 1 N–H and O–H groups in total. The molecule has 0 saturated heterocycles. The molecule has 1 amide bonds. The van der Waals surface area contributed by atoms with Crippen molar-refractivity contribution in [2.24, 2.45) is 0 Å². The predicted molar refractivity (Wildman–Crippen MR) is 136 cm³/mol. The van der Waals surface area contributed by atoms with Gasteiger partial charge in [-0.3, -0.25) is 14.4 Å². The Balaban J connectivity index is 1.50. The van der Waals surface area contributed by atoms with Crippen LogP contribution in [0.4, 0.5) is 5.69 Å². The molecular weight excluding hydrogens is 458 g/mol. The van der Waals surface area contributed by atoms with Crippen LogP contribution in [0.15, 0.2) is 83.7 Å². The van der Waals surface area contributed by atoms with E-state index in [2.05, 4.69) is 10.4 Å². The van der Waals surface area contributed by atoms with Crippen molar-refractivity contribution in [3.05, 3.63) is 106 Å². The number of esters is 1. The number of Topliss-reactive ketones (excluding diaryl/α,β-unsaturated/α-hetero) is 1. The molecule has 8 nitrogen and oxygen atoms in total. The van der Waals surface area contributed by atoms with Gasteiger partial charge in [0.05, 0.1) is 11.9 Å². The molecule has 4 aromatic rings. The smallest absolute Gasteiger partial charge is 0.359 e. The van der Waals surface area contributed by atoms with Crippen molar-refractivity contribution >= 4 is 34.1 Å². The van der Waals surface area contributed by atoms with Crippen LogP contribution in [0, 0.1) is 0 Å². The van der Waals surface area contributed by atoms with Crippen LogP contribution in [0.5, 0.6) is 0 Å². The van der Waals surface area contributed by atoms with Crippen LogP contribution in [0.2, 0.25) is 0 Å². The first-order valence-electron chi connectivity index (χ1n) is 11.6. The number of ketones is 1. The molecule has 0 aliphatic heterocycles. The monoisotopic (exact) mass is 483 g/mol. The number of aromatic nitrogens is 2. The molecule has 3 aromatic carbocycles. The topological polar surface area (TPSA) is 107 Å². The second-order valence-corrected chi connectivity index (χ2v) is 8.22. The van der Waals surface area contributed by atoms with E-state index in [1.165, 1.54) is 4.68 Å². The molecule has 0 aliphatic rings. The van der Waals surface area contributed by atoms with E-state index in [0.29, 0.717) is 28.4 Å². The van der Waals surface area contributed by atoms with Crippen molar-refractivity contribution in [1.82, 2.24) is 9.78 Å². The Bertz CT molecular complexity index is 1460. The van der Waals surface area contributed by atoms with Crippen molar-refractivity contribution < 1.29 is 19.1 Å². The number of benzene rings is 3. The van der Waals surface area contributed by atoms with Crippen LogP contribution < -0.4 is 10.9 Å². The van der Waals surface area contributed by atoms with Gasteiger partial charge in [0.25, 0.3) is 5.56 Å². The number of nitrogens with one attached hydrogen (secondary N) is 1. The van der Waals surface area contributed by atoms with Crippen LogP contribution >= 0.6 is 0 Å². The minimum atomic E-state index is -0.801. The third kappa shape index (κ3) is 5.72. The first kappa shape index (κ1) is 24.5. The fraction of sp³-hybridized carbons (Fsp3) is 0.179. The second-order valence-electron chi connectivity index (χ2n) is 8.22. The minimum absolute atomic E-state index is 0.0390. The van der Waals surface area contributed by atoms with Gasteiger partial charge in [-0.05, 0) is 42.3 Å². The van der Waals surface area contributed by atoms with E-state index >= 15 is 0 Å². The summed E-state index contributed by atoms with van der Waals surface area (Å²) < 4.78 is 6.51. The second kappa shape index (κ2) is 11.2. The molecule has 0 fully saturated rings. The molecule has 0 aliphatic carbocycles. The Labute approximate surface area is 207 Å². The molecule has 0 atom stereocenters. The van der Waals surface area contributed by atoms with Gasteiger partial charge in [-0.25, -0.2) is 9.48 Å². The zero-order chi connectivity index (χ0) is 25.5. The van der Waals surface area contributed by atoms with Crippen LogP contribution in [0.25, 0.3) is 10.8 Å². The molecule has 0 bridgehead atoms. The molecule has 0 saturated carbocycles. The van der Waals surface area contributed by atoms with Crippen molar-refractivity contribution in [1.29, 1.82) is 0 Å². The summed E-state index contributed by atoms with van der Waals surface area (Å²) in [6.45, 7) is 1.61. The molecule has 0 radical (unpaired) electrons. The summed E-state index contributed by atoms with van der Waals surface area (Å²) in [6.07, 6.45) is 1.15. The number of amides is 1. The van der Waals surface area contributed by atoms with Crippen LogP contribution in [-0.4, -0.2) is 34.0 Å². The number of carbonyl (C=O) groups is 3. The summed E-state index contributed by atoms with van der Waals surface area (Å²) in [5.74, 6) is -1.31. The maximum Gasteiger partial charge on any atom is 0.359 e. The Morgan fingerprint density at radius 3 is 2.25 bits per heavy atom. The lowest BCUT2D eigenvalue weighted by Crippen LogP contribution is -2.27. The molecule has 36 heavy (non-hydrogen) atoms. The van der Waals surface area contributed by atoms with Gasteiger partial charge < -0.3 is 10.1 Å². The van der Waals surface area contributed by atoms with Gasteiger partial charge in [-0.15, -0.1) is 0 Å². The van der Waals surface area contributed by atoms with Crippen LogP contribution in [0.3, 0.4) is 0 Å². The number of hydrogen-bond acceptors (Lipinski definition) is 6. The number of anilines is 1. The molecular formula is C28H25N3O5. The maximum absolute atomic E-state index is 13.0. The Hall–Kier alpha value is -4.59. The van der Waals surface area contributed by atoms with Gasteiger partial charge in [0.1, 0.15) is 0 Å². The van der Waals surface area contributed by atoms with Crippen molar-refractivity contribution in [2.45, 2.75) is 26.3 Å². The average molecular weight is 484 g/mol. The summed E-state index contributed by atoms with van der Waals surface area (Å²) in [5.41, 5.74) is 1.41. The van der Waals surface area contributed by atoms with Gasteiger partial charge in [0, 0.05) is 23.1 Å². The van der Waals surface area contributed by atoms with Crippen LogP contribution in [0.1, 0.15) is 46.2 Å². The van der Waals surface area contributed by atoms with E-state index in [9.17, 15) is 19.2 Å². The third-order valence-electron chi connectivity index (χ3n) is 5.54. The Kier molecular flexibility index (Phi) is 7.65. The number of fused-ring (bicyclic) bond motifs is 1. The molecule has 0 unspecified atom stereocenters. The Morgan fingerprint density at radius 2 is 1.56 bits per heavy atom. The standard InChI is InChI=1S/C28H25N3O5/c1-2-8-25(33)29-21-15-13-20(14-16-21)24(32)18-36-28(35)26-22-11-6-7-12-23(22)27(34)31(30-26)17-19-9-4-3-5-10-19/h3-7,9-16H,2,8,17-18H2,1H3,(H,29,33). The minimum Gasteiger partial charge on any atom is -0.452 e. The quantitative estimate of drug-likeness (QED) is 0.282. The van der Waals surface area contributed by atoms with Gasteiger partial charge in [0.15, 0.2) is 18.1 Å². The highest BCUT2D eigenvalue weighted by atomic mass is 16.5. The number of ether oxygens (including phenoxy) is 1. The van der Waals surface area contributed by atoms with E-state index in [0.717, 1.165) is 12.0 Å². The van der Waals surface area contributed by atoms with Gasteiger partial charge in [0.2, 0.25) is 5.91 Å². The number of carbonyl (C=O) groups excluding carboxylic acids is 3. The van der Waals surface area contributed by atoms with Crippen molar-refractivity contribution in [2.75, 3.05) is 11.9 Å². The van der Waals surface area contributed by atoms with E-state index in [4.69, 9.17) is 4.74 Å². The third-order valence-corrected chi connectivity index (χ3v) is 5.54. The maximum atomic E-state index is 13.0. The lowest BCUT2D eigenvalue weighted by molar-refractivity contribution is -0.116. The molecule has 1 aromatic heterocycles. The summed E-state index contributed by atoms with van der Waals surface area (Å²) >= 11 is 0. The summed E-state index contributed by atoms with van der Waals surface area (Å²) in [4.78, 5) is 50.2.